The van der Waals surface area contributed by atoms with E-state index in [0.29, 0.717) is 6.54 Å². The second-order valence-corrected chi connectivity index (χ2v) is 5.31. The quantitative estimate of drug-likeness (QED) is 0.781. The molecule has 1 N–H and O–H groups in total. The molecule has 1 heterocycles. The van der Waals surface area contributed by atoms with Crippen molar-refractivity contribution >= 4 is 5.91 Å². The highest BCUT2D eigenvalue weighted by Gasteiger charge is 2.23. The lowest BCUT2D eigenvalue weighted by atomic mass is 10.1. The van der Waals surface area contributed by atoms with Crippen LogP contribution in [0, 0.1) is 6.92 Å². The highest BCUT2D eigenvalue weighted by Crippen LogP contribution is 2.17. The number of aromatic nitrogens is 4. The van der Waals surface area contributed by atoms with Crippen LogP contribution in [0.4, 0.5) is 0 Å². The average Bonchev–Trinajstić information content (AvgIpc) is 3.10. The van der Waals surface area contributed by atoms with Crippen molar-refractivity contribution in [3.8, 4) is 0 Å². The van der Waals surface area contributed by atoms with Gasteiger partial charge in [-0.2, -0.15) is 0 Å². The Morgan fingerprint density at radius 1 is 1.13 bits per heavy atom. The van der Waals surface area contributed by atoms with Crippen LogP contribution in [0.5, 0.6) is 0 Å². The molecule has 0 radical (unpaired) electrons. The molecule has 2 aromatic carbocycles. The van der Waals surface area contributed by atoms with Crippen LogP contribution in [0.15, 0.2) is 60.9 Å². The van der Waals surface area contributed by atoms with Gasteiger partial charge in [0.15, 0.2) is 6.04 Å². The van der Waals surface area contributed by atoms with E-state index in [0.717, 1.165) is 11.1 Å². The Morgan fingerprint density at radius 3 is 2.52 bits per heavy atom. The lowest BCUT2D eigenvalue weighted by Gasteiger charge is -2.16. The van der Waals surface area contributed by atoms with E-state index < -0.39 is 6.04 Å². The van der Waals surface area contributed by atoms with Gasteiger partial charge in [0.1, 0.15) is 6.33 Å². The maximum atomic E-state index is 12.7. The minimum atomic E-state index is -0.586. The third-order valence-corrected chi connectivity index (χ3v) is 3.58. The zero-order valence-corrected chi connectivity index (χ0v) is 12.8. The fourth-order valence-electron chi connectivity index (χ4n) is 2.34. The van der Waals surface area contributed by atoms with Crippen molar-refractivity contribution in [2.75, 3.05) is 0 Å². The van der Waals surface area contributed by atoms with E-state index in [9.17, 15) is 4.79 Å². The Hall–Kier alpha value is -3.02. The van der Waals surface area contributed by atoms with E-state index in [4.69, 9.17) is 0 Å². The lowest BCUT2D eigenvalue weighted by Crippen LogP contribution is -2.33. The van der Waals surface area contributed by atoms with Crippen LogP contribution in [0.25, 0.3) is 0 Å². The molecule has 1 aromatic heterocycles. The number of carbonyl (C=O) groups excluding carboxylic acids is 1. The molecule has 116 valence electrons. The van der Waals surface area contributed by atoms with Gasteiger partial charge < -0.3 is 5.32 Å². The smallest absolute Gasteiger partial charge is 0.249 e. The molecule has 0 bridgehead atoms. The van der Waals surface area contributed by atoms with Crippen molar-refractivity contribution in [3.05, 3.63) is 77.6 Å². The Kier molecular flexibility index (Phi) is 4.42. The summed E-state index contributed by atoms with van der Waals surface area (Å²) in [7, 11) is 0. The Bertz CT molecular complexity index is 753. The molecule has 0 aliphatic rings. The van der Waals surface area contributed by atoms with Gasteiger partial charge in [-0.05, 0) is 28.5 Å². The first-order chi connectivity index (χ1) is 11.2. The van der Waals surface area contributed by atoms with Crippen molar-refractivity contribution in [1.82, 2.24) is 25.5 Å². The van der Waals surface area contributed by atoms with Crippen LogP contribution < -0.4 is 5.32 Å². The molecule has 3 aromatic rings. The summed E-state index contributed by atoms with van der Waals surface area (Å²) >= 11 is 0. The van der Waals surface area contributed by atoms with Gasteiger partial charge in [-0.3, -0.25) is 4.79 Å². The maximum Gasteiger partial charge on any atom is 0.249 e. The van der Waals surface area contributed by atoms with Gasteiger partial charge in [-0.15, -0.1) is 5.10 Å². The second-order valence-electron chi connectivity index (χ2n) is 5.31. The SMILES string of the molecule is Cc1ccc(CNC(=O)[C@@H](c2ccccc2)n2cnnn2)cc1. The lowest BCUT2D eigenvalue weighted by molar-refractivity contribution is -0.123. The largest absolute Gasteiger partial charge is 0.350 e. The summed E-state index contributed by atoms with van der Waals surface area (Å²) in [5, 5.41) is 14.1. The molecule has 6 nitrogen and oxygen atoms in total. The third-order valence-electron chi connectivity index (χ3n) is 3.58. The van der Waals surface area contributed by atoms with Crippen molar-refractivity contribution in [2.45, 2.75) is 19.5 Å². The molecule has 1 amide bonds. The first-order valence-corrected chi connectivity index (χ1v) is 7.35. The van der Waals surface area contributed by atoms with Crippen molar-refractivity contribution in [2.24, 2.45) is 0 Å². The van der Waals surface area contributed by atoms with Crippen LogP contribution in [-0.4, -0.2) is 26.1 Å². The first kappa shape index (κ1) is 14.9. The number of carbonyl (C=O) groups is 1. The number of hydrogen-bond donors (Lipinski definition) is 1. The van der Waals surface area contributed by atoms with Gasteiger partial charge in [0.25, 0.3) is 0 Å². The van der Waals surface area contributed by atoms with Gasteiger partial charge in [0.05, 0.1) is 0 Å². The molecule has 0 saturated carbocycles. The first-order valence-electron chi connectivity index (χ1n) is 7.35. The Balaban J connectivity index is 1.77. The van der Waals surface area contributed by atoms with Gasteiger partial charge in [0, 0.05) is 6.54 Å². The Labute approximate surface area is 134 Å². The van der Waals surface area contributed by atoms with E-state index in [1.165, 1.54) is 16.6 Å². The highest BCUT2D eigenvalue weighted by atomic mass is 16.2. The summed E-state index contributed by atoms with van der Waals surface area (Å²) in [5.41, 5.74) is 3.07. The fourth-order valence-corrected chi connectivity index (χ4v) is 2.34. The molecule has 23 heavy (non-hydrogen) atoms. The summed E-state index contributed by atoms with van der Waals surface area (Å²) in [6, 6.07) is 16.9. The van der Waals surface area contributed by atoms with E-state index in [2.05, 4.69) is 20.8 Å². The molecular formula is C17H17N5O. The average molecular weight is 307 g/mol. The van der Waals surface area contributed by atoms with E-state index in [-0.39, 0.29) is 5.91 Å². The standard InChI is InChI=1S/C17H17N5O/c1-13-7-9-14(10-8-13)11-18-17(23)16(22-12-19-20-21-22)15-5-3-2-4-6-15/h2-10,12,16H,11H2,1H3,(H,18,23)/t16-/m1/s1. The molecule has 0 unspecified atom stereocenters. The fraction of sp³-hybridized carbons (Fsp3) is 0.176. The van der Waals surface area contributed by atoms with Gasteiger partial charge in [-0.1, -0.05) is 60.2 Å². The minimum absolute atomic E-state index is 0.149. The molecular weight excluding hydrogens is 290 g/mol. The zero-order valence-electron chi connectivity index (χ0n) is 12.8. The van der Waals surface area contributed by atoms with Gasteiger partial charge in [0.2, 0.25) is 5.91 Å². The van der Waals surface area contributed by atoms with E-state index in [1.807, 2.05) is 61.5 Å². The number of rotatable bonds is 5. The summed E-state index contributed by atoms with van der Waals surface area (Å²) in [6.45, 7) is 2.50. The van der Waals surface area contributed by atoms with Crippen LogP contribution in [-0.2, 0) is 11.3 Å². The number of nitrogens with zero attached hydrogens (tertiary/aromatic N) is 4. The van der Waals surface area contributed by atoms with Gasteiger partial charge >= 0.3 is 0 Å². The van der Waals surface area contributed by atoms with Crippen LogP contribution in [0.1, 0.15) is 22.7 Å². The van der Waals surface area contributed by atoms with Crippen LogP contribution in [0.2, 0.25) is 0 Å². The second kappa shape index (κ2) is 6.83. The minimum Gasteiger partial charge on any atom is -0.350 e. The topological polar surface area (TPSA) is 72.7 Å². The molecule has 1 atom stereocenters. The molecule has 0 aliphatic carbocycles. The monoisotopic (exact) mass is 307 g/mol. The van der Waals surface area contributed by atoms with Crippen LogP contribution >= 0.6 is 0 Å². The molecule has 0 aliphatic heterocycles. The molecule has 3 rings (SSSR count). The summed E-state index contributed by atoms with van der Waals surface area (Å²) in [6.07, 6.45) is 1.45. The number of benzene rings is 2. The normalized spacial score (nSPS) is 11.9. The van der Waals surface area contributed by atoms with E-state index in [1.54, 1.807) is 0 Å². The summed E-state index contributed by atoms with van der Waals surface area (Å²) < 4.78 is 1.46. The van der Waals surface area contributed by atoms with Crippen molar-refractivity contribution < 1.29 is 4.79 Å². The molecule has 6 heteroatoms. The molecule has 0 saturated heterocycles. The number of nitrogens with one attached hydrogen (secondary N) is 1. The predicted octanol–water partition coefficient (Wildman–Crippen LogP) is 1.89. The molecule has 0 fully saturated rings. The van der Waals surface area contributed by atoms with Crippen LogP contribution in [0.3, 0.4) is 0 Å². The van der Waals surface area contributed by atoms with Crippen molar-refractivity contribution in [3.63, 3.8) is 0 Å². The summed E-state index contributed by atoms with van der Waals surface area (Å²) in [5.74, 6) is -0.149. The third kappa shape index (κ3) is 3.60. The number of hydrogen-bond acceptors (Lipinski definition) is 4. The Morgan fingerprint density at radius 2 is 1.87 bits per heavy atom. The van der Waals surface area contributed by atoms with E-state index >= 15 is 0 Å². The number of amides is 1. The number of tetrazole rings is 1. The maximum absolute atomic E-state index is 12.7. The zero-order chi connectivity index (χ0) is 16.1. The summed E-state index contributed by atoms with van der Waals surface area (Å²) in [4.78, 5) is 12.7. The number of aryl methyl sites for hydroxylation is 1. The van der Waals surface area contributed by atoms with Gasteiger partial charge in [-0.25, -0.2) is 4.68 Å². The predicted molar refractivity (Wildman–Crippen MR) is 85.4 cm³/mol. The molecule has 0 spiro atoms. The van der Waals surface area contributed by atoms with Crippen molar-refractivity contribution in [1.29, 1.82) is 0 Å². The highest BCUT2D eigenvalue weighted by molar-refractivity contribution is 5.83.